The van der Waals surface area contributed by atoms with Crippen LogP contribution in [0.25, 0.3) is 0 Å². The van der Waals surface area contributed by atoms with Crippen molar-refractivity contribution in [2.75, 3.05) is 13.1 Å². The third-order valence-corrected chi connectivity index (χ3v) is 3.52. The van der Waals surface area contributed by atoms with Crippen molar-refractivity contribution < 1.29 is 4.79 Å². The molecule has 1 aliphatic rings. The van der Waals surface area contributed by atoms with E-state index in [4.69, 9.17) is 0 Å². The van der Waals surface area contributed by atoms with Gasteiger partial charge in [-0.3, -0.25) is 9.69 Å². The van der Waals surface area contributed by atoms with Gasteiger partial charge in [-0.1, -0.05) is 43.7 Å². The highest BCUT2D eigenvalue weighted by Gasteiger charge is 2.26. The Balaban J connectivity index is 2.21. The van der Waals surface area contributed by atoms with E-state index in [1.165, 1.54) is 19.3 Å². The predicted molar refractivity (Wildman–Crippen MR) is 69.9 cm³/mol. The summed E-state index contributed by atoms with van der Waals surface area (Å²) in [4.78, 5) is 14.5. The highest BCUT2D eigenvalue weighted by Crippen LogP contribution is 2.26. The van der Waals surface area contributed by atoms with E-state index in [2.05, 4.69) is 17.0 Å². The third-order valence-electron chi connectivity index (χ3n) is 3.52. The molecule has 0 radical (unpaired) electrons. The molecule has 2 rings (SSSR count). The zero-order valence-corrected chi connectivity index (χ0v) is 10.6. The van der Waals surface area contributed by atoms with E-state index in [-0.39, 0.29) is 6.04 Å². The second-order valence-electron chi connectivity index (χ2n) is 4.73. The fourth-order valence-corrected chi connectivity index (χ4v) is 2.61. The summed E-state index contributed by atoms with van der Waals surface area (Å²) >= 11 is 0. The van der Waals surface area contributed by atoms with E-state index >= 15 is 0 Å². The molecule has 1 saturated heterocycles. The molecule has 1 atom stereocenters. The van der Waals surface area contributed by atoms with Crippen molar-refractivity contribution in [2.24, 2.45) is 0 Å². The number of piperidine rings is 1. The minimum Gasteiger partial charge on any atom is -0.298 e. The Morgan fingerprint density at radius 1 is 1.18 bits per heavy atom. The van der Waals surface area contributed by atoms with Gasteiger partial charge in [-0.05, 0) is 31.5 Å². The minimum absolute atomic E-state index is 0.0125. The number of hydrogen-bond donors (Lipinski definition) is 0. The van der Waals surface area contributed by atoms with Crippen molar-refractivity contribution in [1.82, 2.24) is 4.90 Å². The summed E-state index contributed by atoms with van der Waals surface area (Å²) in [5.74, 6) is 0.345. The molecule has 1 fully saturated rings. The summed E-state index contributed by atoms with van der Waals surface area (Å²) < 4.78 is 0. The average Bonchev–Trinajstić information content (AvgIpc) is 2.41. The second-order valence-corrected chi connectivity index (χ2v) is 4.73. The smallest absolute Gasteiger partial charge is 0.154 e. The first-order valence-corrected chi connectivity index (χ1v) is 6.64. The molecule has 0 bridgehead atoms. The lowest BCUT2D eigenvalue weighted by Gasteiger charge is -2.33. The number of hydrogen-bond acceptors (Lipinski definition) is 2. The molecule has 0 amide bonds. The van der Waals surface area contributed by atoms with Gasteiger partial charge in [-0.15, -0.1) is 0 Å². The molecule has 92 valence electrons. The van der Waals surface area contributed by atoms with Crippen molar-refractivity contribution in [3.8, 4) is 0 Å². The Hall–Kier alpha value is -1.15. The van der Waals surface area contributed by atoms with Crippen LogP contribution in [-0.4, -0.2) is 23.8 Å². The van der Waals surface area contributed by atoms with Gasteiger partial charge in [0.25, 0.3) is 0 Å². The number of rotatable bonds is 4. The quantitative estimate of drug-likeness (QED) is 0.793. The zero-order chi connectivity index (χ0) is 12.1. The number of Topliss-reactive ketones (excluding diaryl/α,β-unsaturated/α-hetero) is 1. The van der Waals surface area contributed by atoms with Crippen molar-refractivity contribution in [3.63, 3.8) is 0 Å². The fraction of sp³-hybridized carbons (Fsp3) is 0.533. The van der Waals surface area contributed by atoms with Crippen LogP contribution in [0.2, 0.25) is 0 Å². The van der Waals surface area contributed by atoms with Crippen molar-refractivity contribution >= 4 is 5.78 Å². The van der Waals surface area contributed by atoms with Crippen LogP contribution < -0.4 is 0 Å². The zero-order valence-electron chi connectivity index (χ0n) is 10.6. The molecule has 0 spiro atoms. The van der Waals surface area contributed by atoms with Gasteiger partial charge in [0.1, 0.15) is 0 Å². The Kier molecular flexibility index (Phi) is 4.32. The van der Waals surface area contributed by atoms with Gasteiger partial charge in [-0.2, -0.15) is 0 Å². The maximum atomic E-state index is 12.2. The first-order valence-electron chi connectivity index (χ1n) is 6.64. The topological polar surface area (TPSA) is 20.3 Å². The third kappa shape index (κ3) is 2.95. The average molecular weight is 231 g/mol. The van der Waals surface area contributed by atoms with Crippen molar-refractivity contribution in [2.45, 2.75) is 38.6 Å². The van der Waals surface area contributed by atoms with Crippen LogP contribution in [-0.2, 0) is 4.79 Å². The lowest BCUT2D eigenvalue weighted by molar-refractivity contribution is -0.124. The number of carbonyl (C=O) groups excluding carboxylic acids is 1. The maximum Gasteiger partial charge on any atom is 0.154 e. The van der Waals surface area contributed by atoms with Gasteiger partial charge in [0, 0.05) is 6.42 Å². The SMILES string of the molecule is CCC(=O)[C@@H](c1ccccc1)N1CCCCC1. The number of likely N-dealkylation sites (tertiary alicyclic amines) is 1. The Bertz CT molecular complexity index is 354. The van der Waals surface area contributed by atoms with Gasteiger partial charge in [0.15, 0.2) is 5.78 Å². The number of ketones is 1. The number of carbonyl (C=O) groups is 1. The van der Waals surface area contributed by atoms with E-state index in [1.54, 1.807) is 0 Å². The van der Waals surface area contributed by atoms with Crippen LogP contribution in [0.3, 0.4) is 0 Å². The summed E-state index contributed by atoms with van der Waals surface area (Å²) in [7, 11) is 0. The molecule has 2 heteroatoms. The monoisotopic (exact) mass is 231 g/mol. The molecule has 0 N–H and O–H groups in total. The van der Waals surface area contributed by atoms with Gasteiger partial charge < -0.3 is 0 Å². The van der Waals surface area contributed by atoms with Crippen LogP contribution in [0.4, 0.5) is 0 Å². The molecular weight excluding hydrogens is 210 g/mol. The van der Waals surface area contributed by atoms with Gasteiger partial charge in [0.05, 0.1) is 6.04 Å². The summed E-state index contributed by atoms with van der Waals surface area (Å²) in [5.41, 5.74) is 1.15. The van der Waals surface area contributed by atoms with Crippen molar-refractivity contribution in [1.29, 1.82) is 0 Å². The molecule has 1 aliphatic heterocycles. The Labute approximate surface area is 104 Å². The van der Waals surface area contributed by atoms with E-state index in [1.807, 2.05) is 25.1 Å². The highest BCUT2D eigenvalue weighted by molar-refractivity contribution is 5.85. The summed E-state index contributed by atoms with van der Waals surface area (Å²) in [6.45, 7) is 4.08. The minimum atomic E-state index is -0.0125. The van der Waals surface area contributed by atoms with E-state index in [9.17, 15) is 4.79 Å². The van der Waals surface area contributed by atoms with E-state index < -0.39 is 0 Å². The van der Waals surface area contributed by atoms with E-state index in [0.29, 0.717) is 12.2 Å². The number of benzene rings is 1. The Morgan fingerprint density at radius 3 is 2.41 bits per heavy atom. The molecule has 0 unspecified atom stereocenters. The molecule has 2 nitrogen and oxygen atoms in total. The van der Waals surface area contributed by atoms with Gasteiger partial charge >= 0.3 is 0 Å². The van der Waals surface area contributed by atoms with Crippen LogP contribution in [0.5, 0.6) is 0 Å². The molecular formula is C15H21NO. The molecule has 1 aromatic carbocycles. The summed E-state index contributed by atoms with van der Waals surface area (Å²) in [6, 6.07) is 10.2. The molecule has 17 heavy (non-hydrogen) atoms. The molecule has 1 aromatic rings. The lowest BCUT2D eigenvalue weighted by atomic mass is 9.97. The van der Waals surface area contributed by atoms with Crippen LogP contribution >= 0.6 is 0 Å². The predicted octanol–water partition coefficient (Wildman–Crippen LogP) is 3.19. The normalized spacial score (nSPS) is 18.9. The molecule has 0 aliphatic carbocycles. The summed E-state index contributed by atoms with van der Waals surface area (Å²) in [5, 5.41) is 0. The van der Waals surface area contributed by atoms with Crippen molar-refractivity contribution in [3.05, 3.63) is 35.9 Å². The Morgan fingerprint density at radius 2 is 1.82 bits per heavy atom. The fourth-order valence-electron chi connectivity index (χ4n) is 2.61. The second kappa shape index (κ2) is 5.97. The van der Waals surface area contributed by atoms with Crippen LogP contribution in [0.15, 0.2) is 30.3 Å². The van der Waals surface area contributed by atoms with Gasteiger partial charge in [-0.25, -0.2) is 0 Å². The molecule has 1 heterocycles. The van der Waals surface area contributed by atoms with E-state index in [0.717, 1.165) is 18.7 Å². The lowest BCUT2D eigenvalue weighted by Crippen LogP contribution is -2.37. The highest BCUT2D eigenvalue weighted by atomic mass is 16.1. The van der Waals surface area contributed by atoms with Crippen LogP contribution in [0, 0.1) is 0 Å². The van der Waals surface area contributed by atoms with Gasteiger partial charge in [0.2, 0.25) is 0 Å². The van der Waals surface area contributed by atoms with Crippen LogP contribution in [0.1, 0.15) is 44.2 Å². The molecule has 0 aromatic heterocycles. The maximum absolute atomic E-state index is 12.2. The first kappa shape index (κ1) is 12.3. The summed E-state index contributed by atoms with van der Waals surface area (Å²) in [6.07, 6.45) is 4.37. The molecule has 0 saturated carbocycles. The standard InChI is InChI=1S/C15H21NO/c1-2-14(17)15(13-9-5-3-6-10-13)16-11-7-4-8-12-16/h3,5-6,9-10,15H,2,4,7-8,11-12H2,1H3/t15-/m1/s1. The number of nitrogens with zero attached hydrogens (tertiary/aromatic N) is 1. The first-order chi connectivity index (χ1) is 8.33. The largest absolute Gasteiger partial charge is 0.298 e.